The van der Waals surface area contributed by atoms with Gasteiger partial charge < -0.3 is 20.3 Å². The van der Waals surface area contributed by atoms with E-state index >= 15 is 0 Å². The van der Waals surface area contributed by atoms with Crippen molar-refractivity contribution < 1.29 is 19.1 Å². The summed E-state index contributed by atoms with van der Waals surface area (Å²) in [5, 5.41) is 5.58. The summed E-state index contributed by atoms with van der Waals surface area (Å²) in [4.78, 5) is 41.3. The van der Waals surface area contributed by atoms with Gasteiger partial charge >= 0.3 is 6.09 Å². The maximum absolute atomic E-state index is 13.8. The van der Waals surface area contributed by atoms with Crippen LogP contribution in [0.5, 0.6) is 0 Å². The minimum atomic E-state index is -0.968. The van der Waals surface area contributed by atoms with E-state index < -0.39 is 23.8 Å². The Bertz CT molecular complexity index is 1140. The highest BCUT2D eigenvalue weighted by Crippen LogP contribution is 2.37. The highest BCUT2D eigenvalue weighted by atomic mass is 16.6. The molecule has 0 spiro atoms. The van der Waals surface area contributed by atoms with E-state index in [1.54, 1.807) is 56.9 Å². The van der Waals surface area contributed by atoms with E-state index in [1.165, 1.54) is 0 Å². The van der Waals surface area contributed by atoms with Gasteiger partial charge in [0.2, 0.25) is 5.91 Å². The van der Waals surface area contributed by atoms with Gasteiger partial charge in [0, 0.05) is 17.3 Å². The highest BCUT2D eigenvalue weighted by Gasteiger charge is 2.43. The monoisotopic (exact) mass is 475 g/mol. The smallest absolute Gasteiger partial charge is 0.408 e. The van der Waals surface area contributed by atoms with Gasteiger partial charge in [0.15, 0.2) is 0 Å². The zero-order chi connectivity index (χ0) is 25.8. The molecule has 3 rings (SSSR count). The van der Waals surface area contributed by atoms with Gasteiger partial charge in [0.1, 0.15) is 17.7 Å². The number of para-hydroxylation sites is 1. The van der Waals surface area contributed by atoms with Crippen LogP contribution in [0.3, 0.4) is 0 Å². The lowest BCUT2D eigenvalue weighted by atomic mass is 9.97. The first-order chi connectivity index (χ1) is 16.5. The molecule has 0 aromatic heterocycles. The third-order valence-corrected chi connectivity index (χ3v) is 5.64. The maximum atomic E-state index is 13.8. The van der Waals surface area contributed by atoms with Gasteiger partial charge in [-0.05, 0) is 70.7 Å². The molecule has 0 saturated heterocycles. The van der Waals surface area contributed by atoms with E-state index in [0.717, 1.165) is 18.4 Å². The Kier molecular flexibility index (Phi) is 7.85. The number of aryl methyl sites for hydroxylation is 1. The van der Waals surface area contributed by atoms with Gasteiger partial charge in [0.25, 0.3) is 5.91 Å². The standard InChI is InChI=1S/C28H33N3O4/c1-7-20-13-9-10-14-22(20)24(25(32)30-23-15-11-8-12-18(23)2)31(21-16-17-21)26(33)19(3)29-27(34)35-28(4,5)6/h1,8-15,19,21,24H,16-17H2,2-6H3,(H,29,34)(H,30,32). The Balaban J connectivity index is 1.97. The Labute approximate surface area is 207 Å². The number of carbonyl (C=O) groups excluding carboxylic acids is 3. The minimum absolute atomic E-state index is 0.135. The number of ether oxygens (including phenoxy) is 1. The molecule has 2 unspecified atom stereocenters. The van der Waals surface area contributed by atoms with Crippen LogP contribution in [0.2, 0.25) is 0 Å². The first kappa shape index (κ1) is 25.8. The number of hydrogen-bond donors (Lipinski definition) is 2. The predicted octanol–water partition coefficient (Wildman–Crippen LogP) is 4.56. The van der Waals surface area contributed by atoms with Crippen LogP contribution < -0.4 is 10.6 Å². The van der Waals surface area contributed by atoms with E-state index in [9.17, 15) is 14.4 Å². The number of benzene rings is 2. The average molecular weight is 476 g/mol. The number of nitrogens with one attached hydrogen (secondary N) is 2. The summed E-state index contributed by atoms with van der Waals surface area (Å²) in [5.74, 6) is 1.89. The SMILES string of the molecule is C#Cc1ccccc1C(C(=O)Nc1ccccc1C)N(C(=O)C(C)NC(=O)OC(C)(C)C)C1CC1. The Morgan fingerprint density at radius 3 is 2.31 bits per heavy atom. The molecule has 1 fully saturated rings. The van der Waals surface area contributed by atoms with Gasteiger partial charge in [-0.25, -0.2) is 4.79 Å². The number of nitrogens with zero attached hydrogens (tertiary/aromatic N) is 1. The molecule has 1 saturated carbocycles. The molecule has 7 nitrogen and oxygen atoms in total. The molecule has 1 aliphatic carbocycles. The third kappa shape index (κ3) is 6.63. The minimum Gasteiger partial charge on any atom is -0.444 e. The first-order valence-corrected chi connectivity index (χ1v) is 11.8. The second-order valence-corrected chi connectivity index (χ2v) is 9.78. The van der Waals surface area contributed by atoms with Crippen LogP contribution >= 0.6 is 0 Å². The molecular formula is C28H33N3O4. The summed E-state index contributed by atoms with van der Waals surface area (Å²) in [6.45, 7) is 8.73. The topological polar surface area (TPSA) is 87.7 Å². The third-order valence-electron chi connectivity index (χ3n) is 5.64. The van der Waals surface area contributed by atoms with E-state index in [-0.39, 0.29) is 17.9 Å². The van der Waals surface area contributed by atoms with E-state index in [2.05, 4.69) is 16.6 Å². The van der Waals surface area contributed by atoms with E-state index in [1.807, 2.05) is 31.2 Å². The quantitative estimate of drug-likeness (QED) is 0.575. The summed E-state index contributed by atoms with van der Waals surface area (Å²) in [6, 6.07) is 12.5. The molecule has 1 aliphatic rings. The molecule has 184 valence electrons. The van der Waals surface area contributed by atoms with Crippen LogP contribution in [0.15, 0.2) is 48.5 Å². The molecule has 0 radical (unpaired) electrons. The van der Waals surface area contributed by atoms with E-state index in [0.29, 0.717) is 16.8 Å². The number of amides is 3. The van der Waals surface area contributed by atoms with Crippen LogP contribution in [0.4, 0.5) is 10.5 Å². The Morgan fingerprint density at radius 2 is 1.71 bits per heavy atom. The first-order valence-electron chi connectivity index (χ1n) is 11.8. The highest BCUT2D eigenvalue weighted by molar-refractivity contribution is 5.99. The average Bonchev–Trinajstić information content (AvgIpc) is 3.62. The van der Waals surface area contributed by atoms with Crippen LogP contribution in [-0.2, 0) is 14.3 Å². The van der Waals surface area contributed by atoms with Gasteiger partial charge in [-0.1, -0.05) is 42.3 Å². The van der Waals surface area contributed by atoms with Crippen molar-refractivity contribution in [3.8, 4) is 12.3 Å². The van der Waals surface area contributed by atoms with Crippen molar-refractivity contribution in [3.63, 3.8) is 0 Å². The predicted molar refractivity (Wildman–Crippen MR) is 136 cm³/mol. The van der Waals surface area contributed by atoms with Gasteiger partial charge in [-0.3, -0.25) is 9.59 Å². The van der Waals surface area contributed by atoms with Gasteiger partial charge in [-0.2, -0.15) is 0 Å². The van der Waals surface area contributed by atoms with E-state index in [4.69, 9.17) is 11.2 Å². The zero-order valence-electron chi connectivity index (χ0n) is 20.9. The van der Waals surface area contributed by atoms with Crippen molar-refractivity contribution in [2.75, 3.05) is 5.32 Å². The molecule has 2 aromatic carbocycles. The Hall–Kier alpha value is -3.79. The van der Waals surface area contributed by atoms with Crippen molar-refractivity contribution in [2.24, 2.45) is 0 Å². The lowest BCUT2D eigenvalue weighted by molar-refractivity contribution is -0.141. The normalized spacial score (nSPS) is 14.7. The van der Waals surface area contributed by atoms with Crippen molar-refractivity contribution in [1.82, 2.24) is 10.2 Å². The van der Waals surface area contributed by atoms with Crippen molar-refractivity contribution in [2.45, 2.75) is 71.2 Å². The molecule has 2 aromatic rings. The second-order valence-electron chi connectivity index (χ2n) is 9.78. The van der Waals surface area contributed by atoms with Gasteiger partial charge in [0.05, 0.1) is 0 Å². The summed E-state index contributed by atoms with van der Waals surface area (Å²) in [6.07, 6.45) is 6.59. The number of alkyl carbamates (subject to hydrolysis) is 1. The number of rotatable bonds is 7. The summed E-state index contributed by atoms with van der Waals surface area (Å²) < 4.78 is 5.31. The van der Waals surface area contributed by atoms with Crippen LogP contribution in [0.1, 0.15) is 63.3 Å². The number of terminal acetylenes is 1. The molecule has 0 bridgehead atoms. The molecule has 2 N–H and O–H groups in total. The van der Waals surface area contributed by atoms with Crippen LogP contribution in [0.25, 0.3) is 0 Å². The lowest BCUT2D eigenvalue weighted by Crippen LogP contribution is -2.52. The van der Waals surface area contributed by atoms with Crippen molar-refractivity contribution in [3.05, 3.63) is 65.2 Å². The molecule has 0 heterocycles. The van der Waals surface area contributed by atoms with Gasteiger partial charge in [-0.15, -0.1) is 6.42 Å². The van der Waals surface area contributed by atoms with Crippen LogP contribution in [0, 0.1) is 19.3 Å². The summed E-state index contributed by atoms with van der Waals surface area (Å²) in [5.41, 5.74) is 1.94. The summed E-state index contributed by atoms with van der Waals surface area (Å²) in [7, 11) is 0. The fourth-order valence-electron chi connectivity index (χ4n) is 3.84. The fourth-order valence-corrected chi connectivity index (χ4v) is 3.84. The fraction of sp³-hybridized carbons (Fsp3) is 0.393. The molecule has 2 atom stereocenters. The molecule has 7 heteroatoms. The molecule has 0 aliphatic heterocycles. The zero-order valence-corrected chi connectivity index (χ0v) is 20.9. The maximum Gasteiger partial charge on any atom is 0.408 e. The molecule has 35 heavy (non-hydrogen) atoms. The molecular weight excluding hydrogens is 442 g/mol. The molecule has 3 amide bonds. The number of anilines is 1. The summed E-state index contributed by atoms with van der Waals surface area (Å²) >= 11 is 0. The number of hydrogen-bond acceptors (Lipinski definition) is 4. The van der Waals surface area contributed by atoms with Crippen molar-refractivity contribution >= 4 is 23.6 Å². The second kappa shape index (κ2) is 10.6. The Morgan fingerprint density at radius 1 is 1.09 bits per heavy atom. The largest absolute Gasteiger partial charge is 0.444 e. The number of carbonyl (C=O) groups is 3. The van der Waals surface area contributed by atoms with Crippen LogP contribution in [-0.4, -0.2) is 40.5 Å². The lowest BCUT2D eigenvalue weighted by Gasteiger charge is -2.34. The van der Waals surface area contributed by atoms with Crippen molar-refractivity contribution in [1.29, 1.82) is 0 Å².